The van der Waals surface area contributed by atoms with Crippen LogP contribution in [-0.2, 0) is 4.74 Å². The zero-order chi connectivity index (χ0) is 12.9. The van der Waals surface area contributed by atoms with Gasteiger partial charge in [0.25, 0.3) is 0 Å². The highest BCUT2D eigenvalue weighted by atomic mass is 16.6. The SMILES string of the molecule is CC(C)(C)OC(=O)N1CCC(=CN=[N+]=[N-])CC1. The summed E-state index contributed by atoms with van der Waals surface area (Å²) in [5.74, 6) is 0. The molecule has 0 bridgehead atoms. The van der Waals surface area contributed by atoms with E-state index in [0.29, 0.717) is 13.1 Å². The summed E-state index contributed by atoms with van der Waals surface area (Å²) in [5, 5.41) is 3.41. The summed E-state index contributed by atoms with van der Waals surface area (Å²) in [6.45, 7) is 6.77. The van der Waals surface area contributed by atoms with Crippen molar-refractivity contribution in [3.63, 3.8) is 0 Å². The second kappa shape index (κ2) is 5.59. The van der Waals surface area contributed by atoms with Crippen LogP contribution >= 0.6 is 0 Å². The van der Waals surface area contributed by atoms with E-state index in [0.717, 1.165) is 18.4 Å². The van der Waals surface area contributed by atoms with Crippen molar-refractivity contribution in [2.75, 3.05) is 13.1 Å². The molecule has 0 atom stereocenters. The van der Waals surface area contributed by atoms with E-state index in [9.17, 15) is 4.79 Å². The van der Waals surface area contributed by atoms with Gasteiger partial charge in [0.15, 0.2) is 0 Å². The van der Waals surface area contributed by atoms with Crippen molar-refractivity contribution >= 4 is 6.09 Å². The smallest absolute Gasteiger partial charge is 0.410 e. The summed E-state index contributed by atoms with van der Waals surface area (Å²) < 4.78 is 5.28. The molecule has 0 aromatic carbocycles. The maximum atomic E-state index is 11.7. The van der Waals surface area contributed by atoms with Crippen LogP contribution in [0, 0.1) is 0 Å². The number of carbonyl (C=O) groups excluding carboxylic acids is 1. The van der Waals surface area contributed by atoms with Crippen LogP contribution in [0.4, 0.5) is 4.79 Å². The fourth-order valence-electron chi connectivity index (χ4n) is 1.54. The van der Waals surface area contributed by atoms with Gasteiger partial charge in [-0.2, -0.15) is 0 Å². The lowest BCUT2D eigenvalue weighted by atomic mass is 10.1. The molecule has 1 aliphatic rings. The number of carbonyl (C=O) groups is 1. The van der Waals surface area contributed by atoms with Gasteiger partial charge in [-0.15, -0.1) is 0 Å². The molecule has 0 spiro atoms. The Labute approximate surface area is 101 Å². The predicted octanol–water partition coefficient (Wildman–Crippen LogP) is 3.21. The first-order chi connectivity index (χ1) is 7.92. The molecule has 94 valence electrons. The second-order valence-corrected chi connectivity index (χ2v) is 4.96. The number of hydrogen-bond acceptors (Lipinski definition) is 3. The van der Waals surface area contributed by atoms with Crippen LogP contribution in [0.15, 0.2) is 16.9 Å². The number of amides is 1. The first kappa shape index (κ1) is 13.4. The van der Waals surface area contributed by atoms with E-state index >= 15 is 0 Å². The van der Waals surface area contributed by atoms with Crippen molar-refractivity contribution in [2.45, 2.75) is 39.2 Å². The molecule has 0 aromatic heterocycles. The Morgan fingerprint density at radius 1 is 1.47 bits per heavy atom. The van der Waals surface area contributed by atoms with Gasteiger partial charge < -0.3 is 9.64 Å². The van der Waals surface area contributed by atoms with Gasteiger partial charge in [0, 0.05) is 24.2 Å². The fourth-order valence-corrected chi connectivity index (χ4v) is 1.54. The van der Waals surface area contributed by atoms with Gasteiger partial charge in [0.05, 0.1) is 0 Å². The Kier molecular flexibility index (Phi) is 4.40. The first-order valence-corrected chi connectivity index (χ1v) is 5.62. The van der Waals surface area contributed by atoms with E-state index in [-0.39, 0.29) is 6.09 Å². The molecule has 1 rings (SSSR count). The Balaban J connectivity index is 2.47. The number of ether oxygens (including phenoxy) is 1. The highest BCUT2D eigenvalue weighted by Gasteiger charge is 2.24. The molecular weight excluding hydrogens is 220 g/mol. The number of nitrogens with zero attached hydrogens (tertiary/aromatic N) is 4. The van der Waals surface area contributed by atoms with Gasteiger partial charge in [-0.1, -0.05) is 10.7 Å². The summed E-state index contributed by atoms with van der Waals surface area (Å²) in [5.41, 5.74) is 8.81. The summed E-state index contributed by atoms with van der Waals surface area (Å²) >= 11 is 0. The monoisotopic (exact) mass is 238 g/mol. The Bertz CT molecular complexity index is 354. The molecule has 0 radical (unpaired) electrons. The van der Waals surface area contributed by atoms with Crippen LogP contribution in [0.3, 0.4) is 0 Å². The molecule has 0 saturated carbocycles. The molecule has 1 aliphatic heterocycles. The van der Waals surface area contributed by atoms with Crippen LogP contribution < -0.4 is 0 Å². The van der Waals surface area contributed by atoms with Gasteiger partial charge in [0.2, 0.25) is 0 Å². The molecule has 6 nitrogen and oxygen atoms in total. The molecule has 6 heteroatoms. The van der Waals surface area contributed by atoms with Crippen molar-refractivity contribution in [1.82, 2.24) is 4.90 Å². The van der Waals surface area contributed by atoms with Crippen molar-refractivity contribution in [3.8, 4) is 0 Å². The molecule has 1 saturated heterocycles. The van der Waals surface area contributed by atoms with Crippen LogP contribution in [0.25, 0.3) is 10.4 Å². The summed E-state index contributed by atoms with van der Waals surface area (Å²) in [4.78, 5) is 16.1. The third-order valence-electron chi connectivity index (χ3n) is 2.35. The maximum absolute atomic E-state index is 11.7. The lowest BCUT2D eigenvalue weighted by Gasteiger charge is -2.30. The molecule has 0 aromatic rings. The van der Waals surface area contributed by atoms with Crippen molar-refractivity contribution in [3.05, 3.63) is 22.2 Å². The van der Waals surface area contributed by atoms with E-state index < -0.39 is 5.60 Å². The van der Waals surface area contributed by atoms with E-state index in [2.05, 4.69) is 10.0 Å². The fraction of sp³-hybridized carbons (Fsp3) is 0.727. The van der Waals surface area contributed by atoms with Gasteiger partial charge in [-0.25, -0.2) is 4.79 Å². The van der Waals surface area contributed by atoms with E-state index in [1.54, 1.807) is 4.90 Å². The van der Waals surface area contributed by atoms with Gasteiger partial charge >= 0.3 is 6.09 Å². The first-order valence-electron chi connectivity index (χ1n) is 5.62. The number of azide groups is 1. The predicted molar refractivity (Wildman–Crippen MR) is 64.3 cm³/mol. The molecule has 0 N–H and O–H groups in total. The van der Waals surface area contributed by atoms with Crippen LogP contribution in [-0.4, -0.2) is 29.7 Å². The normalized spacial score (nSPS) is 16.2. The third-order valence-corrected chi connectivity index (χ3v) is 2.35. The highest BCUT2D eigenvalue weighted by molar-refractivity contribution is 5.68. The molecule has 1 amide bonds. The molecule has 0 aliphatic carbocycles. The number of hydrogen-bond donors (Lipinski definition) is 0. The molecule has 1 heterocycles. The Hall–Kier alpha value is -1.68. The molecule has 17 heavy (non-hydrogen) atoms. The molecular formula is C11H18N4O2. The average molecular weight is 238 g/mol. The van der Waals surface area contributed by atoms with Crippen LogP contribution in [0.2, 0.25) is 0 Å². The van der Waals surface area contributed by atoms with Crippen LogP contribution in [0.1, 0.15) is 33.6 Å². The minimum atomic E-state index is -0.460. The number of rotatable bonds is 1. The van der Waals surface area contributed by atoms with Crippen LogP contribution in [0.5, 0.6) is 0 Å². The minimum absolute atomic E-state index is 0.277. The van der Waals surface area contributed by atoms with Gasteiger partial charge in [0.1, 0.15) is 5.60 Å². The highest BCUT2D eigenvalue weighted by Crippen LogP contribution is 2.18. The molecule has 1 fully saturated rings. The Morgan fingerprint density at radius 3 is 2.53 bits per heavy atom. The summed E-state index contributed by atoms with van der Waals surface area (Å²) in [6.07, 6.45) is 2.73. The topological polar surface area (TPSA) is 78.3 Å². The van der Waals surface area contributed by atoms with Crippen molar-refractivity contribution in [1.29, 1.82) is 0 Å². The quantitative estimate of drug-likeness (QED) is 0.399. The second-order valence-electron chi connectivity index (χ2n) is 4.96. The zero-order valence-corrected chi connectivity index (χ0v) is 10.5. The summed E-state index contributed by atoms with van der Waals surface area (Å²) in [6, 6.07) is 0. The van der Waals surface area contributed by atoms with Crippen molar-refractivity contribution in [2.24, 2.45) is 5.11 Å². The minimum Gasteiger partial charge on any atom is -0.444 e. The number of piperidine rings is 1. The Morgan fingerprint density at radius 2 is 2.06 bits per heavy atom. The van der Waals surface area contributed by atoms with Crippen molar-refractivity contribution < 1.29 is 9.53 Å². The van der Waals surface area contributed by atoms with E-state index in [1.165, 1.54) is 6.20 Å². The summed E-state index contributed by atoms with van der Waals surface area (Å²) in [7, 11) is 0. The molecule has 0 unspecified atom stereocenters. The maximum Gasteiger partial charge on any atom is 0.410 e. The van der Waals surface area contributed by atoms with E-state index in [4.69, 9.17) is 10.3 Å². The zero-order valence-electron chi connectivity index (χ0n) is 10.5. The lowest BCUT2D eigenvalue weighted by molar-refractivity contribution is 0.0236. The largest absolute Gasteiger partial charge is 0.444 e. The van der Waals surface area contributed by atoms with Gasteiger partial charge in [-0.05, 0) is 39.1 Å². The third kappa shape index (κ3) is 4.78. The standard InChI is InChI=1S/C11H18N4O2/c1-11(2,3)17-10(16)15-6-4-9(5-7-15)8-13-14-12/h8H,4-7H2,1-3H3. The lowest BCUT2D eigenvalue weighted by Crippen LogP contribution is -2.40. The average Bonchev–Trinajstić information content (AvgIpc) is 2.24. The van der Waals surface area contributed by atoms with E-state index in [1.807, 2.05) is 20.8 Å². The number of likely N-dealkylation sites (tertiary alicyclic amines) is 1. The van der Waals surface area contributed by atoms with Gasteiger partial charge in [-0.3, -0.25) is 0 Å².